The van der Waals surface area contributed by atoms with Crippen LogP contribution in [0.1, 0.15) is 20.3 Å². The van der Waals surface area contributed by atoms with Crippen LogP contribution < -0.4 is 5.32 Å². The van der Waals surface area contributed by atoms with Gasteiger partial charge in [0.1, 0.15) is 6.17 Å². The molecule has 0 spiro atoms. The monoisotopic (exact) mass is 206 g/mol. The van der Waals surface area contributed by atoms with Crippen LogP contribution >= 0.6 is 0 Å². The topological polar surface area (TPSA) is 52.6 Å². The van der Waals surface area contributed by atoms with Gasteiger partial charge in [-0.3, -0.25) is 4.79 Å². The first-order valence-corrected chi connectivity index (χ1v) is 4.90. The summed E-state index contributed by atoms with van der Waals surface area (Å²) in [5.74, 6) is -0.810. The van der Waals surface area contributed by atoms with Gasteiger partial charge in [0.2, 0.25) is 0 Å². The molecule has 15 heavy (non-hydrogen) atoms. The average Bonchev–Trinajstić information content (AvgIpc) is 2.46. The molecule has 1 atom stereocenters. The van der Waals surface area contributed by atoms with E-state index in [1.807, 2.05) is 24.2 Å². The average molecular weight is 206 g/mol. The van der Waals surface area contributed by atoms with Gasteiger partial charge in [0.05, 0.1) is 6.42 Å². The number of fused-ring (bicyclic) bond motifs is 1. The SMILES string of the molecule is CC1=CC2NC(CC(=O)O)=CN2C=C1C. The van der Waals surface area contributed by atoms with Gasteiger partial charge in [-0.05, 0) is 31.1 Å². The smallest absolute Gasteiger partial charge is 0.309 e. The van der Waals surface area contributed by atoms with Crippen molar-refractivity contribution >= 4 is 5.97 Å². The van der Waals surface area contributed by atoms with Crippen LogP contribution in [0.15, 0.2) is 35.3 Å². The molecule has 0 aliphatic carbocycles. The molecule has 1 unspecified atom stereocenters. The van der Waals surface area contributed by atoms with Gasteiger partial charge in [0, 0.05) is 18.1 Å². The highest BCUT2D eigenvalue weighted by molar-refractivity contribution is 5.70. The summed E-state index contributed by atoms with van der Waals surface area (Å²) >= 11 is 0. The molecule has 0 aromatic carbocycles. The van der Waals surface area contributed by atoms with Gasteiger partial charge in [-0.25, -0.2) is 0 Å². The zero-order valence-electron chi connectivity index (χ0n) is 8.82. The molecule has 4 nitrogen and oxygen atoms in total. The van der Waals surface area contributed by atoms with E-state index in [1.54, 1.807) is 0 Å². The van der Waals surface area contributed by atoms with E-state index in [2.05, 4.69) is 18.3 Å². The Labute approximate surface area is 88.6 Å². The normalized spacial score (nSPS) is 23.7. The number of hydrogen-bond acceptors (Lipinski definition) is 3. The number of allylic oxidation sites excluding steroid dienone is 2. The Bertz CT molecular complexity index is 393. The summed E-state index contributed by atoms with van der Waals surface area (Å²) in [5.41, 5.74) is 3.19. The standard InChI is InChI=1S/C11H14N2O2/c1-7-3-10-12-9(4-11(14)15)6-13(10)5-8(7)2/h3,5-6,10,12H,4H2,1-2H3,(H,14,15). The number of nitrogens with zero attached hydrogens (tertiary/aromatic N) is 1. The second-order valence-electron chi connectivity index (χ2n) is 3.92. The molecule has 2 rings (SSSR count). The lowest BCUT2D eigenvalue weighted by molar-refractivity contribution is -0.136. The highest BCUT2D eigenvalue weighted by Gasteiger charge is 2.24. The third kappa shape index (κ3) is 1.88. The zero-order chi connectivity index (χ0) is 11.0. The quantitative estimate of drug-likeness (QED) is 0.717. The fourth-order valence-electron chi connectivity index (χ4n) is 1.76. The van der Waals surface area contributed by atoms with Crippen LogP contribution in [-0.2, 0) is 4.79 Å². The van der Waals surface area contributed by atoms with E-state index >= 15 is 0 Å². The van der Waals surface area contributed by atoms with Crippen molar-refractivity contribution in [2.24, 2.45) is 0 Å². The van der Waals surface area contributed by atoms with Gasteiger partial charge in [-0.1, -0.05) is 0 Å². The Morgan fingerprint density at radius 3 is 2.87 bits per heavy atom. The fourth-order valence-corrected chi connectivity index (χ4v) is 1.76. The van der Waals surface area contributed by atoms with Crippen LogP contribution in [0.3, 0.4) is 0 Å². The Balaban J connectivity index is 2.15. The lowest BCUT2D eigenvalue weighted by Crippen LogP contribution is -2.33. The minimum absolute atomic E-state index is 0.0484. The van der Waals surface area contributed by atoms with Gasteiger partial charge in [0.15, 0.2) is 0 Å². The van der Waals surface area contributed by atoms with Crippen LogP contribution in [0.2, 0.25) is 0 Å². The van der Waals surface area contributed by atoms with Crippen molar-refractivity contribution in [3.63, 3.8) is 0 Å². The number of carboxylic acids is 1. The molecule has 0 fully saturated rings. The van der Waals surface area contributed by atoms with E-state index in [1.165, 1.54) is 11.1 Å². The minimum Gasteiger partial charge on any atom is -0.481 e. The summed E-state index contributed by atoms with van der Waals surface area (Å²) in [6.45, 7) is 4.10. The molecule has 80 valence electrons. The number of nitrogens with one attached hydrogen (secondary N) is 1. The van der Waals surface area contributed by atoms with Crippen LogP contribution in [-0.4, -0.2) is 22.1 Å². The maximum absolute atomic E-state index is 10.6. The molecule has 0 bridgehead atoms. The molecule has 4 heteroatoms. The largest absolute Gasteiger partial charge is 0.481 e. The van der Waals surface area contributed by atoms with Crippen molar-refractivity contribution in [3.05, 3.63) is 35.3 Å². The van der Waals surface area contributed by atoms with E-state index < -0.39 is 5.97 Å². The van der Waals surface area contributed by atoms with Crippen molar-refractivity contribution in [2.45, 2.75) is 26.4 Å². The Morgan fingerprint density at radius 1 is 1.47 bits per heavy atom. The first-order valence-electron chi connectivity index (χ1n) is 4.90. The first-order chi connectivity index (χ1) is 7.06. The predicted molar refractivity (Wildman–Crippen MR) is 56.6 cm³/mol. The van der Waals surface area contributed by atoms with Crippen molar-refractivity contribution in [1.29, 1.82) is 0 Å². The molecular weight excluding hydrogens is 192 g/mol. The molecule has 0 saturated heterocycles. The summed E-state index contributed by atoms with van der Waals surface area (Å²) in [5, 5.41) is 11.8. The summed E-state index contributed by atoms with van der Waals surface area (Å²) in [6, 6.07) is 0. The summed E-state index contributed by atoms with van der Waals surface area (Å²) in [4.78, 5) is 12.6. The second-order valence-corrected chi connectivity index (χ2v) is 3.92. The summed E-state index contributed by atoms with van der Waals surface area (Å²) in [7, 11) is 0. The molecule has 2 aliphatic rings. The maximum Gasteiger partial charge on any atom is 0.309 e. The third-order valence-corrected chi connectivity index (χ3v) is 2.67. The molecule has 2 aliphatic heterocycles. The van der Waals surface area contributed by atoms with Gasteiger partial charge < -0.3 is 15.3 Å². The molecule has 0 aromatic rings. The van der Waals surface area contributed by atoms with E-state index in [-0.39, 0.29) is 12.6 Å². The van der Waals surface area contributed by atoms with Crippen LogP contribution in [0.25, 0.3) is 0 Å². The summed E-state index contributed by atoms with van der Waals surface area (Å²) in [6.07, 6.45) is 6.11. The first kappa shape index (κ1) is 9.83. The summed E-state index contributed by atoms with van der Waals surface area (Å²) < 4.78 is 0. The zero-order valence-corrected chi connectivity index (χ0v) is 8.82. The van der Waals surface area contributed by atoms with Crippen LogP contribution in [0.5, 0.6) is 0 Å². The van der Waals surface area contributed by atoms with Gasteiger partial charge >= 0.3 is 5.97 Å². The second kappa shape index (κ2) is 3.46. The van der Waals surface area contributed by atoms with E-state index in [0.717, 1.165) is 5.70 Å². The lowest BCUT2D eigenvalue weighted by atomic mass is 10.1. The number of aliphatic carboxylic acids is 1. The molecule has 0 amide bonds. The van der Waals surface area contributed by atoms with Crippen molar-refractivity contribution in [1.82, 2.24) is 10.2 Å². The van der Waals surface area contributed by atoms with E-state index in [0.29, 0.717) is 0 Å². The molecule has 2 N–H and O–H groups in total. The number of carboxylic acid groups (broad SMARTS) is 1. The third-order valence-electron chi connectivity index (χ3n) is 2.67. The molecular formula is C11H14N2O2. The molecule has 0 saturated carbocycles. The number of carbonyl (C=O) groups is 1. The molecule has 0 aromatic heterocycles. The lowest BCUT2D eigenvalue weighted by Gasteiger charge is -2.25. The maximum atomic E-state index is 10.6. The Morgan fingerprint density at radius 2 is 2.20 bits per heavy atom. The number of hydrogen-bond donors (Lipinski definition) is 2. The molecule has 2 heterocycles. The predicted octanol–water partition coefficient (Wildman–Crippen LogP) is 1.40. The van der Waals surface area contributed by atoms with Crippen LogP contribution in [0.4, 0.5) is 0 Å². The van der Waals surface area contributed by atoms with Gasteiger partial charge in [-0.15, -0.1) is 0 Å². The van der Waals surface area contributed by atoms with Gasteiger partial charge in [0.25, 0.3) is 0 Å². The van der Waals surface area contributed by atoms with Crippen molar-refractivity contribution in [2.75, 3.05) is 0 Å². The Hall–Kier alpha value is -1.71. The van der Waals surface area contributed by atoms with Gasteiger partial charge in [-0.2, -0.15) is 0 Å². The number of rotatable bonds is 2. The molecule has 0 radical (unpaired) electrons. The highest BCUT2D eigenvalue weighted by Crippen LogP contribution is 2.24. The fraction of sp³-hybridized carbons (Fsp3) is 0.364. The van der Waals surface area contributed by atoms with Crippen LogP contribution in [0, 0.1) is 0 Å². The van der Waals surface area contributed by atoms with Crippen molar-refractivity contribution in [3.8, 4) is 0 Å². The van der Waals surface area contributed by atoms with E-state index in [4.69, 9.17) is 5.11 Å². The highest BCUT2D eigenvalue weighted by atomic mass is 16.4. The minimum atomic E-state index is -0.810. The van der Waals surface area contributed by atoms with E-state index in [9.17, 15) is 4.79 Å². The van der Waals surface area contributed by atoms with Crippen molar-refractivity contribution < 1.29 is 9.90 Å². The Kier molecular flexibility index (Phi) is 2.26.